The topological polar surface area (TPSA) is 73.6 Å². The van der Waals surface area contributed by atoms with E-state index in [9.17, 15) is 9.18 Å². The molecule has 0 aliphatic carbocycles. The van der Waals surface area contributed by atoms with Gasteiger partial charge >= 0.3 is 0 Å². The minimum atomic E-state index is -0.657. The van der Waals surface area contributed by atoms with E-state index in [1.54, 1.807) is 13.2 Å². The Kier molecular flexibility index (Phi) is 8.35. The van der Waals surface area contributed by atoms with E-state index >= 15 is 0 Å². The second-order valence-corrected chi connectivity index (χ2v) is 5.78. The van der Waals surface area contributed by atoms with E-state index in [2.05, 4.69) is 5.32 Å². The third kappa shape index (κ3) is 5.61. The molecule has 142 valence electrons. The molecular weight excluding hydrogens is 359 g/mol. The number of nitrogens with two attached hydrogens (primary N) is 1. The van der Waals surface area contributed by atoms with Gasteiger partial charge in [0.1, 0.15) is 5.82 Å². The van der Waals surface area contributed by atoms with Gasteiger partial charge in [0.15, 0.2) is 17.2 Å². The molecule has 7 heteroatoms. The second kappa shape index (κ2) is 9.99. The van der Waals surface area contributed by atoms with Crippen LogP contribution in [0, 0.1) is 12.7 Å². The highest BCUT2D eigenvalue weighted by molar-refractivity contribution is 5.96. The van der Waals surface area contributed by atoms with Crippen molar-refractivity contribution in [2.24, 2.45) is 5.73 Å². The van der Waals surface area contributed by atoms with E-state index in [1.165, 1.54) is 18.2 Å². The van der Waals surface area contributed by atoms with Gasteiger partial charge in [-0.2, -0.15) is 0 Å². The molecule has 0 heterocycles. The van der Waals surface area contributed by atoms with Gasteiger partial charge in [0.2, 0.25) is 5.91 Å². The fraction of sp³-hybridized carbons (Fsp3) is 0.316. The van der Waals surface area contributed by atoms with Crippen LogP contribution in [0.5, 0.6) is 17.2 Å². The normalized spacial score (nSPS) is 11.3. The SMILES string of the molecule is CCCC(N)C(=O)Nc1cc(F)ccc1Oc1ccc(C)cc1OC.Cl. The number of rotatable bonds is 7. The molecule has 2 aromatic rings. The van der Waals surface area contributed by atoms with Gasteiger partial charge in [-0.1, -0.05) is 19.4 Å². The van der Waals surface area contributed by atoms with Crippen molar-refractivity contribution in [3.63, 3.8) is 0 Å². The summed E-state index contributed by atoms with van der Waals surface area (Å²) in [6, 6.07) is 8.71. The molecule has 0 aliphatic rings. The van der Waals surface area contributed by atoms with Crippen LogP contribution in [0.1, 0.15) is 25.3 Å². The lowest BCUT2D eigenvalue weighted by atomic mass is 10.1. The number of carbonyl (C=O) groups excluding carboxylic acids is 1. The molecule has 0 spiro atoms. The first-order chi connectivity index (χ1) is 11.9. The average Bonchev–Trinajstić information content (AvgIpc) is 2.58. The fourth-order valence-electron chi connectivity index (χ4n) is 2.33. The zero-order valence-corrected chi connectivity index (χ0v) is 15.9. The Labute approximate surface area is 159 Å². The average molecular weight is 383 g/mol. The molecule has 0 saturated carbocycles. The van der Waals surface area contributed by atoms with Crippen molar-refractivity contribution in [1.82, 2.24) is 0 Å². The number of nitrogens with one attached hydrogen (secondary N) is 1. The van der Waals surface area contributed by atoms with Gasteiger partial charge in [-0.05, 0) is 43.2 Å². The highest BCUT2D eigenvalue weighted by atomic mass is 35.5. The number of hydrogen-bond acceptors (Lipinski definition) is 4. The first-order valence-corrected chi connectivity index (χ1v) is 8.13. The lowest BCUT2D eigenvalue weighted by Gasteiger charge is -2.16. The van der Waals surface area contributed by atoms with Crippen LogP contribution in [0.25, 0.3) is 0 Å². The predicted molar refractivity (Wildman–Crippen MR) is 103 cm³/mol. The number of amides is 1. The monoisotopic (exact) mass is 382 g/mol. The summed E-state index contributed by atoms with van der Waals surface area (Å²) in [4.78, 5) is 12.1. The summed E-state index contributed by atoms with van der Waals surface area (Å²) >= 11 is 0. The summed E-state index contributed by atoms with van der Waals surface area (Å²) < 4.78 is 24.8. The van der Waals surface area contributed by atoms with Crippen molar-refractivity contribution in [1.29, 1.82) is 0 Å². The Morgan fingerprint density at radius 1 is 1.19 bits per heavy atom. The smallest absolute Gasteiger partial charge is 0.241 e. The Hall–Kier alpha value is -2.31. The Balaban J connectivity index is 0.00000338. The number of anilines is 1. The predicted octanol–water partition coefficient (Wildman–Crippen LogP) is 4.42. The van der Waals surface area contributed by atoms with Crippen LogP contribution in [0.15, 0.2) is 36.4 Å². The maximum Gasteiger partial charge on any atom is 0.241 e. The minimum Gasteiger partial charge on any atom is -0.493 e. The maximum atomic E-state index is 13.6. The molecule has 0 saturated heterocycles. The number of methoxy groups -OCH3 is 1. The van der Waals surface area contributed by atoms with Crippen LogP contribution in [0.4, 0.5) is 10.1 Å². The standard InChI is InChI=1S/C19H23FN2O3.ClH/c1-4-5-14(21)19(23)22-15-11-13(20)7-9-16(15)25-17-8-6-12(2)10-18(17)24-3;/h6-11,14H,4-5,21H2,1-3H3,(H,22,23);1H. The fourth-order valence-corrected chi connectivity index (χ4v) is 2.33. The van der Waals surface area contributed by atoms with Gasteiger partial charge in [-0.15, -0.1) is 12.4 Å². The Morgan fingerprint density at radius 3 is 2.54 bits per heavy atom. The van der Waals surface area contributed by atoms with E-state index in [0.29, 0.717) is 23.7 Å². The van der Waals surface area contributed by atoms with E-state index < -0.39 is 11.9 Å². The summed E-state index contributed by atoms with van der Waals surface area (Å²) in [5.41, 5.74) is 7.05. The lowest BCUT2D eigenvalue weighted by Crippen LogP contribution is -2.35. The molecule has 1 amide bonds. The van der Waals surface area contributed by atoms with Gasteiger partial charge < -0.3 is 20.5 Å². The van der Waals surface area contributed by atoms with Crippen molar-refractivity contribution in [2.75, 3.05) is 12.4 Å². The van der Waals surface area contributed by atoms with Gasteiger partial charge in [0, 0.05) is 6.07 Å². The molecule has 0 bridgehead atoms. The Morgan fingerprint density at radius 2 is 1.88 bits per heavy atom. The van der Waals surface area contributed by atoms with Crippen molar-refractivity contribution in [3.05, 3.63) is 47.8 Å². The molecule has 0 aromatic heterocycles. The minimum absolute atomic E-state index is 0. The highest BCUT2D eigenvalue weighted by Crippen LogP contribution is 2.36. The summed E-state index contributed by atoms with van der Waals surface area (Å²) in [7, 11) is 1.54. The molecule has 1 atom stereocenters. The molecule has 0 radical (unpaired) electrons. The van der Waals surface area contributed by atoms with E-state index in [0.717, 1.165) is 12.0 Å². The first kappa shape index (κ1) is 21.7. The molecule has 26 heavy (non-hydrogen) atoms. The van der Waals surface area contributed by atoms with Crippen molar-refractivity contribution in [3.8, 4) is 17.2 Å². The van der Waals surface area contributed by atoms with Crippen LogP contribution in [-0.4, -0.2) is 19.1 Å². The molecular formula is C19H24ClFN2O3. The first-order valence-electron chi connectivity index (χ1n) is 8.13. The molecule has 1 unspecified atom stereocenters. The third-order valence-corrected chi connectivity index (χ3v) is 3.67. The zero-order valence-electron chi connectivity index (χ0n) is 15.0. The van der Waals surface area contributed by atoms with E-state index in [4.69, 9.17) is 15.2 Å². The Bertz CT molecular complexity index is 756. The van der Waals surface area contributed by atoms with Crippen molar-refractivity contribution < 1.29 is 18.7 Å². The van der Waals surface area contributed by atoms with Crippen LogP contribution >= 0.6 is 12.4 Å². The van der Waals surface area contributed by atoms with Gasteiger partial charge in [-0.25, -0.2) is 4.39 Å². The molecule has 2 rings (SSSR count). The van der Waals surface area contributed by atoms with Crippen molar-refractivity contribution >= 4 is 24.0 Å². The third-order valence-electron chi connectivity index (χ3n) is 3.67. The number of carbonyl (C=O) groups is 1. The maximum absolute atomic E-state index is 13.6. The summed E-state index contributed by atoms with van der Waals surface area (Å²) in [6.45, 7) is 3.87. The molecule has 0 fully saturated rings. The molecule has 5 nitrogen and oxygen atoms in total. The number of benzene rings is 2. The van der Waals surface area contributed by atoms with Crippen LogP contribution in [-0.2, 0) is 4.79 Å². The number of hydrogen-bond donors (Lipinski definition) is 2. The number of halogens is 2. The summed E-state index contributed by atoms with van der Waals surface area (Å²) in [5.74, 6) is 0.453. The van der Waals surface area contributed by atoms with E-state index in [-0.39, 0.29) is 24.0 Å². The van der Waals surface area contributed by atoms with Gasteiger partial charge in [0.05, 0.1) is 18.8 Å². The lowest BCUT2D eigenvalue weighted by molar-refractivity contribution is -0.117. The highest BCUT2D eigenvalue weighted by Gasteiger charge is 2.16. The molecule has 3 N–H and O–H groups in total. The van der Waals surface area contributed by atoms with Crippen LogP contribution in [0.2, 0.25) is 0 Å². The number of aryl methyl sites for hydroxylation is 1. The van der Waals surface area contributed by atoms with Crippen molar-refractivity contribution in [2.45, 2.75) is 32.7 Å². The molecule has 0 aliphatic heterocycles. The molecule has 2 aromatic carbocycles. The van der Waals surface area contributed by atoms with Crippen LogP contribution < -0.4 is 20.5 Å². The van der Waals surface area contributed by atoms with Gasteiger partial charge in [-0.3, -0.25) is 4.79 Å². The number of ether oxygens (including phenoxy) is 2. The largest absolute Gasteiger partial charge is 0.493 e. The summed E-state index contributed by atoms with van der Waals surface area (Å²) in [5, 5.41) is 2.64. The van der Waals surface area contributed by atoms with E-state index in [1.807, 2.05) is 26.0 Å². The second-order valence-electron chi connectivity index (χ2n) is 5.78. The summed E-state index contributed by atoms with van der Waals surface area (Å²) in [6.07, 6.45) is 1.32. The van der Waals surface area contributed by atoms with Gasteiger partial charge in [0.25, 0.3) is 0 Å². The van der Waals surface area contributed by atoms with Crippen LogP contribution in [0.3, 0.4) is 0 Å². The quantitative estimate of drug-likeness (QED) is 0.743. The zero-order chi connectivity index (χ0) is 18.4.